The summed E-state index contributed by atoms with van der Waals surface area (Å²) in [4.78, 5) is 27.3. The number of likely N-dealkylation sites (tertiary alicyclic amines) is 1. The lowest BCUT2D eigenvalue weighted by atomic mass is 10.1. The fourth-order valence-corrected chi connectivity index (χ4v) is 3.62. The van der Waals surface area contributed by atoms with Gasteiger partial charge in [0.2, 0.25) is 5.95 Å². The van der Waals surface area contributed by atoms with Crippen LogP contribution in [0.25, 0.3) is 16.9 Å². The summed E-state index contributed by atoms with van der Waals surface area (Å²) in [5.74, 6) is 1.08. The van der Waals surface area contributed by atoms with Gasteiger partial charge in [0.05, 0.1) is 17.2 Å². The summed E-state index contributed by atoms with van der Waals surface area (Å²) in [6.07, 6.45) is 4.61. The molecule has 9 heteroatoms. The topological polar surface area (TPSA) is 85.2 Å². The van der Waals surface area contributed by atoms with E-state index >= 15 is 0 Å². The number of anilines is 1. The van der Waals surface area contributed by atoms with Crippen molar-refractivity contribution < 1.29 is 9.53 Å². The summed E-state index contributed by atoms with van der Waals surface area (Å²) in [5.41, 5.74) is 1.31. The van der Waals surface area contributed by atoms with Crippen molar-refractivity contribution in [3.63, 3.8) is 0 Å². The van der Waals surface area contributed by atoms with Crippen LogP contribution >= 0.6 is 11.6 Å². The number of halogens is 1. The number of carbonyl (C=O) groups excluding carboxylic acids is 1. The third-order valence-corrected chi connectivity index (χ3v) is 5.15. The lowest BCUT2D eigenvalue weighted by molar-refractivity contribution is 0.0210. The zero-order valence-electron chi connectivity index (χ0n) is 17.3. The van der Waals surface area contributed by atoms with Crippen LogP contribution < -0.4 is 5.32 Å². The van der Waals surface area contributed by atoms with E-state index < -0.39 is 5.60 Å². The zero-order chi connectivity index (χ0) is 21.3. The number of hydrogen-bond acceptors (Lipinski definition) is 6. The number of rotatable bonds is 3. The van der Waals surface area contributed by atoms with E-state index in [9.17, 15) is 4.79 Å². The quantitative estimate of drug-likeness (QED) is 0.670. The summed E-state index contributed by atoms with van der Waals surface area (Å²) >= 11 is 6.38. The standard InChI is InChI=1S/C21H25ClN6O2/c1-21(2,3)30-20(29)27-10-8-14(9-11-27)25-19-23-12-15(22)18(26-19)28-13-24-16-6-4-5-7-17(16)28/h4-7,12-14H,8-11H2,1-3H3,(H,23,25,26). The molecule has 1 aliphatic heterocycles. The van der Waals surface area contributed by atoms with Gasteiger partial charge in [-0.3, -0.25) is 4.57 Å². The molecule has 0 bridgehead atoms. The Balaban J connectivity index is 1.44. The van der Waals surface area contributed by atoms with Crippen molar-refractivity contribution in [2.24, 2.45) is 0 Å². The molecule has 1 amide bonds. The molecule has 158 valence electrons. The maximum absolute atomic E-state index is 12.2. The molecule has 3 aromatic rings. The van der Waals surface area contributed by atoms with E-state index in [1.54, 1.807) is 17.4 Å². The highest BCUT2D eigenvalue weighted by molar-refractivity contribution is 6.32. The van der Waals surface area contributed by atoms with Gasteiger partial charge in [-0.1, -0.05) is 23.7 Å². The molecule has 8 nitrogen and oxygen atoms in total. The number of piperidine rings is 1. The number of fused-ring (bicyclic) bond motifs is 1. The Morgan fingerprint density at radius 1 is 1.20 bits per heavy atom. The number of nitrogens with zero attached hydrogens (tertiary/aromatic N) is 5. The van der Waals surface area contributed by atoms with Crippen molar-refractivity contribution in [1.82, 2.24) is 24.4 Å². The first kappa shape index (κ1) is 20.4. The second-order valence-corrected chi connectivity index (χ2v) is 8.76. The van der Waals surface area contributed by atoms with Crippen LogP contribution in [0.3, 0.4) is 0 Å². The summed E-state index contributed by atoms with van der Waals surface area (Å²) in [6, 6.07) is 7.97. The predicted octanol–water partition coefficient (Wildman–Crippen LogP) is 4.28. The van der Waals surface area contributed by atoms with Gasteiger partial charge in [-0.2, -0.15) is 4.98 Å². The Morgan fingerprint density at radius 3 is 2.67 bits per heavy atom. The number of carbonyl (C=O) groups is 1. The molecule has 1 saturated heterocycles. The van der Waals surface area contributed by atoms with Gasteiger partial charge in [-0.15, -0.1) is 0 Å². The van der Waals surface area contributed by atoms with Crippen LogP contribution in [0, 0.1) is 0 Å². The maximum atomic E-state index is 12.2. The number of para-hydroxylation sites is 2. The summed E-state index contributed by atoms with van der Waals surface area (Å²) in [5, 5.41) is 3.82. The Morgan fingerprint density at radius 2 is 1.93 bits per heavy atom. The third kappa shape index (κ3) is 4.48. The molecule has 0 aliphatic carbocycles. The maximum Gasteiger partial charge on any atom is 0.410 e. The van der Waals surface area contributed by atoms with Crippen molar-refractivity contribution in [3.05, 3.63) is 41.8 Å². The van der Waals surface area contributed by atoms with Crippen molar-refractivity contribution in [2.75, 3.05) is 18.4 Å². The minimum absolute atomic E-state index is 0.164. The molecular formula is C21H25ClN6O2. The molecule has 0 unspecified atom stereocenters. The Hall–Kier alpha value is -2.87. The molecular weight excluding hydrogens is 404 g/mol. The van der Waals surface area contributed by atoms with Crippen LogP contribution in [0.15, 0.2) is 36.8 Å². The molecule has 0 saturated carbocycles. The minimum Gasteiger partial charge on any atom is -0.444 e. The highest BCUT2D eigenvalue weighted by Crippen LogP contribution is 2.24. The van der Waals surface area contributed by atoms with Gasteiger partial charge in [0.25, 0.3) is 0 Å². The minimum atomic E-state index is -0.489. The molecule has 0 atom stereocenters. The molecule has 4 rings (SSSR count). The Labute approximate surface area is 180 Å². The Bertz CT molecular complexity index is 1050. The first-order chi connectivity index (χ1) is 14.3. The average molecular weight is 429 g/mol. The summed E-state index contributed by atoms with van der Waals surface area (Å²) in [6.45, 7) is 6.87. The number of ether oxygens (including phenoxy) is 1. The summed E-state index contributed by atoms with van der Waals surface area (Å²) < 4.78 is 7.31. The third-order valence-electron chi connectivity index (χ3n) is 4.89. The largest absolute Gasteiger partial charge is 0.444 e. The van der Waals surface area contributed by atoms with E-state index in [1.807, 2.05) is 49.6 Å². The van der Waals surface area contributed by atoms with Crippen molar-refractivity contribution in [1.29, 1.82) is 0 Å². The second kappa shape index (κ2) is 8.10. The molecule has 1 aliphatic rings. The van der Waals surface area contributed by atoms with E-state index in [0.717, 1.165) is 23.9 Å². The van der Waals surface area contributed by atoms with Crippen LogP contribution in [0.1, 0.15) is 33.6 Å². The van der Waals surface area contributed by atoms with E-state index in [2.05, 4.69) is 20.3 Å². The van der Waals surface area contributed by atoms with Crippen molar-refractivity contribution in [2.45, 2.75) is 45.3 Å². The zero-order valence-corrected chi connectivity index (χ0v) is 18.1. The number of amides is 1. The second-order valence-electron chi connectivity index (χ2n) is 8.35. The molecule has 1 fully saturated rings. The van der Waals surface area contributed by atoms with Crippen LogP contribution in [0.5, 0.6) is 0 Å². The smallest absolute Gasteiger partial charge is 0.410 e. The lowest BCUT2D eigenvalue weighted by Crippen LogP contribution is -2.44. The molecule has 1 N–H and O–H groups in total. The highest BCUT2D eigenvalue weighted by Gasteiger charge is 2.27. The van der Waals surface area contributed by atoms with Crippen LogP contribution in [0.2, 0.25) is 5.02 Å². The van der Waals surface area contributed by atoms with Gasteiger partial charge in [-0.05, 0) is 45.7 Å². The van der Waals surface area contributed by atoms with E-state index in [0.29, 0.717) is 29.9 Å². The van der Waals surface area contributed by atoms with E-state index in [4.69, 9.17) is 16.3 Å². The number of nitrogens with one attached hydrogen (secondary N) is 1. The van der Waals surface area contributed by atoms with Crippen molar-refractivity contribution in [3.8, 4) is 5.82 Å². The van der Waals surface area contributed by atoms with Gasteiger partial charge in [-0.25, -0.2) is 14.8 Å². The fraction of sp³-hybridized carbons (Fsp3) is 0.429. The average Bonchev–Trinajstić information content (AvgIpc) is 3.13. The van der Waals surface area contributed by atoms with E-state index in [-0.39, 0.29) is 12.1 Å². The SMILES string of the molecule is CC(C)(C)OC(=O)N1CCC(Nc2ncc(Cl)c(-n3cnc4ccccc43)n2)CC1. The van der Waals surface area contributed by atoms with E-state index in [1.165, 1.54) is 0 Å². The van der Waals surface area contributed by atoms with Gasteiger partial charge >= 0.3 is 6.09 Å². The highest BCUT2D eigenvalue weighted by atomic mass is 35.5. The normalized spacial score (nSPS) is 15.4. The molecule has 30 heavy (non-hydrogen) atoms. The molecule has 1 aromatic carbocycles. The van der Waals surface area contributed by atoms with Crippen molar-refractivity contribution >= 4 is 34.7 Å². The lowest BCUT2D eigenvalue weighted by Gasteiger charge is -2.33. The molecule has 0 radical (unpaired) electrons. The molecule has 2 aromatic heterocycles. The predicted molar refractivity (Wildman–Crippen MR) is 116 cm³/mol. The van der Waals surface area contributed by atoms with Gasteiger partial charge in [0.1, 0.15) is 17.0 Å². The van der Waals surface area contributed by atoms with Gasteiger partial charge < -0.3 is 15.0 Å². The first-order valence-electron chi connectivity index (χ1n) is 9.99. The Kier molecular flexibility index (Phi) is 5.51. The van der Waals surface area contributed by atoms with Gasteiger partial charge in [0, 0.05) is 19.1 Å². The number of hydrogen-bond donors (Lipinski definition) is 1. The molecule has 0 spiro atoms. The molecule has 3 heterocycles. The number of imidazole rings is 1. The summed E-state index contributed by atoms with van der Waals surface area (Å²) in [7, 11) is 0. The van der Waals surface area contributed by atoms with Crippen LogP contribution in [-0.2, 0) is 4.74 Å². The monoisotopic (exact) mass is 428 g/mol. The van der Waals surface area contributed by atoms with Crippen LogP contribution in [-0.4, -0.2) is 55.2 Å². The number of benzene rings is 1. The first-order valence-corrected chi connectivity index (χ1v) is 10.4. The van der Waals surface area contributed by atoms with Gasteiger partial charge in [0.15, 0.2) is 5.82 Å². The number of aromatic nitrogens is 4. The fourth-order valence-electron chi connectivity index (χ4n) is 3.44. The van der Waals surface area contributed by atoms with Crippen LogP contribution in [0.4, 0.5) is 10.7 Å².